The van der Waals surface area contributed by atoms with Gasteiger partial charge in [0.05, 0.1) is 36.7 Å². The molecule has 0 saturated carbocycles. The standard InChI is InChI=1S/C25H28N4O5S2/c1-34-21-7-2-3-8-22(21)36(32,33)28-19-6-4-5-16-13-20(27-24(16)19)25-26-15-18(35-25)14-23(31)29-11-9-17(30)10-12-29/h2-8,13,17-18,27-28,30H,9-12,14-15H2,1H3. The maximum absolute atomic E-state index is 13.1. The van der Waals surface area contributed by atoms with E-state index in [9.17, 15) is 18.3 Å². The lowest BCUT2D eigenvalue weighted by Crippen LogP contribution is -2.41. The van der Waals surface area contributed by atoms with Crippen molar-refractivity contribution < 1.29 is 23.1 Å². The first-order valence-electron chi connectivity index (χ1n) is 11.8. The van der Waals surface area contributed by atoms with Crippen molar-refractivity contribution in [2.24, 2.45) is 4.99 Å². The number of H-pyrrole nitrogens is 1. The molecular weight excluding hydrogens is 500 g/mol. The number of aliphatic hydroxyl groups excluding tert-OH is 1. The number of aliphatic hydroxyl groups is 1. The molecule has 0 aliphatic carbocycles. The van der Waals surface area contributed by atoms with Crippen molar-refractivity contribution >= 4 is 49.3 Å². The molecule has 5 rings (SSSR count). The van der Waals surface area contributed by atoms with Gasteiger partial charge in [-0.1, -0.05) is 36.0 Å². The Kier molecular flexibility index (Phi) is 6.96. The van der Waals surface area contributed by atoms with Gasteiger partial charge in [-0.15, -0.1) is 0 Å². The SMILES string of the molecule is COc1ccccc1S(=O)(=O)Nc1cccc2cc(C3=NCC(CC(=O)N4CCC(O)CC4)S3)[nH]c12. The third-order valence-corrected chi connectivity index (χ3v) is 9.05. The van der Waals surface area contributed by atoms with Crippen LogP contribution in [0.4, 0.5) is 5.69 Å². The van der Waals surface area contributed by atoms with Gasteiger partial charge in [0, 0.05) is 30.1 Å². The minimum Gasteiger partial charge on any atom is -0.495 e. The lowest BCUT2D eigenvalue weighted by molar-refractivity contribution is -0.133. The molecule has 36 heavy (non-hydrogen) atoms. The molecular formula is C25H28N4O5S2. The number of piperidine rings is 1. The number of aromatic amines is 1. The van der Waals surface area contributed by atoms with Gasteiger partial charge in [0.2, 0.25) is 5.91 Å². The van der Waals surface area contributed by atoms with Crippen LogP contribution in [0.5, 0.6) is 5.75 Å². The minimum absolute atomic E-state index is 0.0503. The van der Waals surface area contributed by atoms with Crippen LogP contribution in [0.15, 0.2) is 58.4 Å². The van der Waals surface area contributed by atoms with E-state index in [1.165, 1.54) is 13.2 Å². The Labute approximate surface area is 214 Å². The number of sulfonamides is 1. The smallest absolute Gasteiger partial charge is 0.265 e. The van der Waals surface area contributed by atoms with Gasteiger partial charge in [-0.3, -0.25) is 14.5 Å². The number of thioether (sulfide) groups is 1. The summed E-state index contributed by atoms with van der Waals surface area (Å²) in [5, 5.41) is 11.4. The average Bonchev–Trinajstić information content (AvgIpc) is 3.52. The summed E-state index contributed by atoms with van der Waals surface area (Å²) < 4.78 is 34.1. The second-order valence-corrected chi connectivity index (χ2v) is 11.9. The molecule has 1 fully saturated rings. The molecule has 3 aromatic rings. The largest absolute Gasteiger partial charge is 0.495 e. The number of nitrogens with zero attached hydrogens (tertiary/aromatic N) is 2. The molecule has 3 N–H and O–H groups in total. The van der Waals surface area contributed by atoms with E-state index in [0.717, 1.165) is 16.1 Å². The number of hydrogen-bond donors (Lipinski definition) is 3. The predicted molar refractivity (Wildman–Crippen MR) is 141 cm³/mol. The van der Waals surface area contributed by atoms with Crippen molar-refractivity contribution in [2.45, 2.75) is 35.5 Å². The zero-order valence-corrected chi connectivity index (χ0v) is 21.4. The van der Waals surface area contributed by atoms with Crippen LogP contribution in [-0.4, -0.2) is 72.5 Å². The number of carbonyl (C=O) groups excluding carboxylic acids is 1. The van der Waals surface area contributed by atoms with E-state index >= 15 is 0 Å². The molecule has 0 bridgehead atoms. The molecule has 190 valence electrons. The van der Waals surface area contributed by atoms with Crippen LogP contribution in [0.25, 0.3) is 10.9 Å². The van der Waals surface area contributed by atoms with E-state index in [0.29, 0.717) is 50.1 Å². The second-order valence-electron chi connectivity index (χ2n) is 8.91. The van der Waals surface area contributed by atoms with Crippen LogP contribution in [0.1, 0.15) is 25.0 Å². The van der Waals surface area contributed by atoms with Gasteiger partial charge in [-0.2, -0.15) is 0 Å². The van der Waals surface area contributed by atoms with Gasteiger partial charge in [0.1, 0.15) is 15.7 Å². The highest BCUT2D eigenvalue weighted by Gasteiger charge is 2.28. The van der Waals surface area contributed by atoms with Crippen LogP contribution in [0.3, 0.4) is 0 Å². The number of likely N-dealkylation sites (tertiary alicyclic amines) is 1. The van der Waals surface area contributed by atoms with E-state index in [-0.39, 0.29) is 27.9 Å². The van der Waals surface area contributed by atoms with Crippen molar-refractivity contribution in [3.63, 3.8) is 0 Å². The van der Waals surface area contributed by atoms with Crippen LogP contribution < -0.4 is 9.46 Å². The molecule has 1 unspecified atom stereocenters. The number of carbonyl (C=O) groups is 1. The normalized spacial score (nSPS) is 18.9. The van der Waals surface area contributed by atoms with Gasteiger partial charge in [-0.25, -0.2) is 8.42 Å². The predicted octanol–water partition coefficient (Wildman–Crippen LogP) is 3.21. The summed E-state index contributed by atoms with van der Waals surface area (Å²) in [6.07, 6.45) is 1.35. The molecule has 11 heteroatoms. The molecule has 9 nitrogen and oxygen atoms in total. The number of amides is 1. The number of aliphatic imine (C=N–C) groups is 1. The first-order valence-corrected chi connectivity index (χ1v) is 14.2. The fraction of sp³-hybridized carbons (Fsp3) is 0.360. The molecule has 1 aromatic heterocycles. The molecule has 0 radical (unpaired) electrons. The summed E-state index contributed by atoms with van der Waals surface area (Å²) in [4.78, 5) is 22.5. The number of nitrogens with one attached hydrogen (secondary N) is 2. The summed E-state index contributed by atoms with van der Waals surface area (Å²) in [6, 6.07) is 13.8. The van der Waals surface area contributed by atoms with Gasteiger partial charge in [-0.05, 0) is 37.1 Å². The van der Waals surface area contributed by atoms with Crippen LogP contribution in [0, 0.1) is 0 Å². The number of para-hydroxylation sites is 2. The summed E-state index contributed by atoms with van der Waals surface area (Å²) in [5.74, 6) is 0.364. The summed E-state index contributed by atoms with van der Waals surface area (Å²) in [7, 11) is -2.45. The zero-order valence-electron chi connectivity index (χ0n) is 19.8. The van der Waals surface area contributed by atoms with E-state index in [2.05, 4.69) is 14.7 Å². The van der Waals surface area contributed by atoms with E-state index in [1.807, 2.05) is 17.0 Å². The van der Waals surface area contributed by atoms with Crippen LogP contribution >= 0.6 is 11.8 Å². The molecule has 2 aliphatic rings. The molecule has 1 saturated heterocycles. The van der Waals surface area contributed by atoms with E-state index < -0.39 is 10.0 Å². The number of aromatic nitrogens is 1. The average molecular weight is 529 g/mol. The summed E-state index contributed by atoms with van der Waals surface area (Å²) >= 11 is 1.56. The quantitative estimate of drug-likeness (QED) is 0.433. The highest BCUT2D eigenvalue weighted by Crippen LogP contribution is 2.33. The first-order chi connectivity index (χ1) is 17.3. The van der Waals surface area contributed by atoms with Crippen molar-refractivity contribution in [1.29, 1.82) is 0 Å². The molecule has 1 atom stereocenters. The summed E-state index contributed by atoms with van der Waals surface area (Å²) in [5.41, 5.74) is 1.86. The van der Waals surface area contributed by atoms with E-state index in [1.54, 1.807) is 42.1 Å². The fourth-order valence-electron chi connectivity index (χ4n) is 4.51. The number of anilines is 1. The Hall–Kier alpha value is -3.02. The Bertz CT molecular complexity index is 1410. The van der Waals surface area contributed by atoms with Gasteiger partial charge in [0.15, 0.2) is 0 Å². The van der Waals surface area contributed by atoms with Gasteiger partial charge in [0.25, 0.3) is 10.0 Å². The lowest BCUT2D eigenvalue weighted by atomic mass is 10.1. The van der Waals surface area contributed by atoms with Crippen LogP contribution in [0.2, 0.25) is 0 Å². The third-order valence-electron chi connectivity index (χ3n) is 6.43. The monoisotopic (exact) mass is 528 g/mol. The molecule has 3 heterocycles. The Morgan fingerprint density at radius 1 is 1.22 bits per heavy atom. The Balaban J connectivity index is 1.30. The number of rotatable bonds is 7. The van der Waals surface area contributed by atoms with Crippen molar-refractivity contribution in [3.05, 3.63) is 54.2 Å². The van der Waals surface area contributed by atoms with Crippen molar-refractivity contribution in [2.75, 3.05) is 31.5 Å². The second kappa shape index (κ2) is 10.2. The number of fused-ring (bicyclic) bond motifs is 1. The Morgan fingerprint density at radius 2 is 2.00 bits per heavy atom. The number of benzene rings is 2. The van der Waals surface area contributed by atoms with E-state index in [4.69, 9.17) is 4.74 Å². The number of methoxy groups -OCH3 is 1. The van der Waals surface area contributed by atoms with Crippen molar-refractivity contribution in [3.8, 4) is 5.75 Å². The van der Waals surface area contributed by atoms with Crippen molar-refractivity contribution in [1.82, 2.24) is 9.88 Å². The van der Waals surface area contributed by atoms with Crippen LogP contribution in [-0.2, 0) is 14.8 Å². The summed E-state index contributed by atoms with van der Waals surface area (Å²) in [6.45, 7) is 1.74. The highest BCUT2D eigenvalue weighted by molar-refractivity contribution is 8.15. The van der Waals surface area contributed by atoms with Gasteiger partial charge < -0.3 is 19.7 Å². The van der Waals surface area contributed by atoms with Gasteiger partial charge >= 0.3 is 0 Å². The topological polar surface area (TPSA) is 124 Å². The fourth-order valence-corrected chi connectivity index (χ4v) is 6.83. The molecule has 0 spiro atoms. The minimum atomic E-state index is -3.88. The Morgan fingerprint density at radius 3 is 2.78 bits per heavy atom. The third kappa shape index (κ3) is 5.09. The maximum Gasteiger partial charge on any atom is 0.265 e. The molecule has 1 amide bonds. The zero-order chi connectivity index (χ0) is 25.3. The maximum atomic E-state index is 13.1. The molecule has 2 aliphatic heterocycles. The number of ether oxygens (including phenoxy) is 1. The highest BCUT2D eigenvalue weighted by atomic mass is 32.2. The first kappa shape index (κ1) is 24.7. The number of hydrogen-bond acceptors (Lipinski definition) is 7. The molecule has 2 aromatic carbocycles. The lowest BCUT2D eigenvalue weighted by Gasteiger charge is -2.30.